The molecule has 0 aliphatic carbocycles. The average Bonchev–Trinajstić information content (AvgIpc) is 3.57. The second kappa shape index (κ2) is 10.8. The number of allylic oxidation sites excluding steroid dienone is 3. The molecule has 1 fully saturated rings. The van der Waals surface area contributed by atoms with E-state index in [-0.39, 0.29) is 46.3 Å². The van der Waals surface area contributed by atoms with Gasteiger partial charge in [-0.1, -0.05) is 48.0 Å². The number of esters is 1. The van der Waals surface area contributed by atoms with E-state index in [1.54, 1.807) is 37.4 Å². The molecule has 8 nitrogen and oxygen atoms in total. The third kappa shape index (κ3) is 5.84. The third-order valence-corrected chi connectivity index (χ3v) is 6.10. The van der Waals surface area contributed by atoms with Gasteiger partial charge in [-0.3, -0.25) is 9.78 Å². The second-order valence-electron chi connectivity index (χ2n) is 8.41. The summed E-state index contributed by atoms with van der Waals surface area (Å²) in [6.07, 6.45) is 7.80. The molecule has 36 heavy (non-hydrogen) atoms. The van der Waals surface area contributed by atoms with Crippen molar-refractivity contribution < 1.29 is 34.4 Å². The smallest absolute Gasteiger partial charge is 0.342 e. The van der Waals surface area contributed by atoms with Crippen molar-refractivity contribution in [1.82, 2.24) is 4.98 Å². The molecule has 3 unspecified atom stereocenters. The van der Waals surface area contributed by atoms with Crippen molar-refractivity contribution in [2.75, 3.05) is 0 Å². The predicted octanol–water partition coefficient (Wildman–Crippen LogP) is 4.63. The van der Waals surface area contributed by atoms with Crippen LogP contribution in [-0.4, -0.2) is 50.4 Å². The van der Waals surface area contributed by atoms with Gasteiger partial charge < -0.3 is 24.8 Å². The van der Waals surface area contributed by atoms with Crippen LogP contribution in [0, 0.1) is 0 Å². The first kappa shape index (κ1) is 25.2. The molecule has 5 rings (SSSR count). The fourth-order valence-electron chi connectivity index (χ4n) is 3.87. The predicted molar refractivity (Wildman–Crippen MR) is 133 cm³/mol. The van der Waals surface area contributed by atoms with E-state index in [1.807, 2.05) is 24.3 Å². The molecule has 1 saturated heterocycles. The summed E-state index contributed by atoms with van der Waals surface area (Å²) in [5.74, 6) is -1.81. The van der Waals surface area contributed by atoms with Crippen LogP contribution in [0.2, 0.25) is 5.02 Å². The van der Waals surface area contributed by atoms with E-state index >= 15 is 0 Å². The summed E-state index contributed by atoms with van der Waals surface area (Å²) < 4.78 is 10.8. The number of nitrogens with zero attached hydrogens (tertiary/aromatic N) is 1. The second-order valence-corrected chi connectivity index (χ2v) is 8.79. The Morgan fingerprint density at radius 1 is 1.03 bits per heavy atom. The summed E-state index contributed by atoms with van der Waals surface area (Å²) in [7, 11) is 0. The van der Waals surface area contributed by atoms with Crippen molar-refractivity contribution in [1.29, 1.82) is 0 Å². The molecule has 186 valence electrons. The molecule has 3 heterocycles. The van der Waals surface area contributed by atoms with Crippen molar-refractivity contribution in [2.45, 2.75) is 38.1 Å². The monoisotopic (exact) mass is 509 g/mol. The highest BCUT2D eigenvalue weighted by atomic mass is 35.5. The number of epoxide rings is 1. The van der Waals surface area contributed by atoms with E-state index in [1.165, 1.54) is 6.08 Å². The van der Waals surface area contributed by atoms with Crippen LogP contribution in [0.4, 0.5) is 0 Å². The summed E-state index contributed by atoms with van der Waals surface area (Å²) in [6.45, 7) is 1.72. The molecule has 2 aliphatic rings. The number of halogens is 1. The van der Waals surface area contributed by atoms with Crippen molar-refractivity contribution in [3.63, 3.8) is 0 Å². The maximum absolute atomic E-state index is 12.5. The molecule has 3 atom stereocenters. The molecule has 2 aromatic carbocycles. The molecule has 0 saturated carbocycles. The molecule has 3 aromatic rings. The minimum absolute atomic E-state index is 0.0348. The molecular weight excluding hydrogens is 486 g/mol. The van der Waals surface area contributed by atoms with E-state index in [4.69, 9.17) is 21.1 Å². The van der Waals surface area contributed by atoms with Crippen LogP contribution in [0.3, 0.4) is 0 Å². The lowest BCUT2D eigenvalue weighted by Gasteiger charge is -2.16. The quantitative estimate of drug-likeness (QED) is 0.295. The zero-order valence-electron chi connectivity index (χ0n) is 19.3. The normalized spacial score (nSPS) is 23.2. The summed E-state index contributed by atoms with van der Waals surface area (Å²) in [6, 6.07) is 10.1. The number of carbonyl (C=O) groups is 2. The standard InChI is InChI=1S/C18H17ClO6.C9H7NO/c1-9-6-15-14(25-15)5-3-2-4-10(20)7-11-16(18(23)24-9)12(21)8-13(22)17(11)19;11-8-5-1-3-7-4-2-6-10-9(7)8/h2-5,8-9,14-15,21-22H,6-7H2,1H3;1-6,11H/b4-2+,5-3-;. The van der Waals surface area contributed by atoms with Crippen LogP contribution in [0.15, 0.2) is 66.9 Å². The van der Waals surface area contributed by atoms with Gasteiger partial charge in [-0.2, -0.15) is 0 Å². The Kier molecular flexibility index (Phi) is 7.57. The number of rotatable bonds is 0. The average molecular weight is 510 g/mol. The fraction of sp³-hybridized carbons (Fsp3) is 0.222. The number of pyridine rings is 1. The summed E-state index contributed by atoms with van der Waals surface area (Å²) >= 11 is 6.05. The van der Waals surface area contributed by atoms with Crippen LogP contribution in [0.1, 0.15) is 29.3 Å². The highest BCUT2D eigenvalue weighted by Gasteiger charge is 2.38. The third-order valence-electron chi connectivity index (χ3n) is 5.68. The molecule has 0 spiro atoms. The van der Waals surface area contributed by atoms with E-state index in [0.29, 0.717) is 11.9 Å². The van der Waals surface area contributed by atoms with Gasteiger partial charge in [0.05, 0.1) is 11.1 Å². The van der Waals surface area contributed by atoms with Crippen molar-refractivity contribution >= 4 is 34.3 Å². The van der Waals surface area contributed by atoms with Gasteiger partial charge in [0.15, 0.2) is 5.78 Å². The van der Waals surface area contributed by atoms with Crippen molar-refractivity contribution in [2.24, 2.45) is 0 Å². The highest BCUT2D eigenvalue weighted by molar-refractivity contribution is 6.33. The Labute approximate surface area is 212 Å². The zero-order chi connectivity index (χ0) is 25.8. The number of ether oxygens (including phenoxy) is 2. The van der Waals surface area contributed by atoms with Gasteiger partial charge in [0.25, 0.3) is 0 Å². The topological polar surface area (TPSA) is 129 Å². The first-order valence-corrected chi connectivity index (χ1v) is 11.6. The lowest BCUT2D eigenvalue weighted by molar-refractivity contribution is -0.114. The number of phenolic OH excluding ortho intramolecular Hbond substituents is 3. The summed E-state index contributed by atoms with van der Waals surface area (Å²) in [4.78, 5) is 28.6. The minimum atomic E-state index is -0.802. The summed E-state index contributed by atoms with van der Waals surface area (Å²) in [5, 5.41) is 30.0. The van der Waals surface area contributed by atoms with Crippen molar-refractivity contribution in [3.05, 3.63) is 83.0 Å². The van der Waals surface area contributed by atoms with Gasteiger partial charge in [-0.05, 0) is 25.1 Å². The summed E-state index contributed by atoms with van der Waals surface area (Å²) in [5.41, 5.74) is 0.486. The molecule has 1 aromatic heterocycles. The van der Waals surface area contributed by atoms with E-state index in [0.717, 1.165) is 11.5 Å². The number of ketones is 1. The highest BCUT2D eigenvalue weighted by Crippen LogP contribution is 2.37. The Hall–Kier alpha value is -3.88. The van der Waals surface area contributed by atoms with Crippen LogP contribution in [0.5, 0.6) is 17.2 Å². The Morgan fingerprint density at radius 3 is 2.58 bits per heavy atom. The lowest BCUT2D eigenvalue weighted by atomic mass is 10.00. The molecule has 0 amide bonds. The number of para-hydroxylation sites is 1. The van der Waals surface area contributed by atoms with Gasteiger partial charge in [-0.25, -0.2) is 4.79 Å². The Morgan fingerprint density at radius 2 is 1.81 bits per heavy atom. The number of hydrogen-bond donors (Lipinski definition) is 3. The maximum Gasteiger partial charge on any atom is 0.342 e. The lowest BCUT2D eigenvalue weighted by Crippen LogP contribution is -2.19. The molecule has 3 N–H and O–H groups in total. The van der Waals surface area contributed by atoms with Gasteiger partial charge in [0.2, 0.25) is 0 Å². The van der Waals surface area contributed by atoms with Crippen molar-refractivity contribution in [3.8, 4) is 17.2 Å². The fourth-order valence-corrected chi connectivity index (χ4v) is 4.08. The zero-order valence-corrected chi connectivity index (χ0v) is 20.1. The maximum atomic E-state index is 12.5. The molecular formula is C27H24ClNO7. The number of aromatic nitrogens is 1. The number of cyclic esters (lactones) is 1. The number of phenols is 3. The van der Waals surface area contributed by atoms with Crippen LogP contribution in [0.25, 0.3) is 10.9 Å². The first-order valence-electron chi connectivity index (χ1n) is 11.2. The number of benzene rings is 2. The Bertz CT molecular complexity index is 1360. The molecule has 0 bridgehead atoms. The molecule has 0 radical (unpaired) electrons. The largest absolute Gasteiger partial charge is 0.507 e. The van der Waals surface area contributed by atoms with Crippen LogP contribution < -0.4 is 0 Å². The van der Waals surface area contributed by atoms with Crippen LogP contribution in [-0.2, 0) is 20.7 Å². The number of aromatic hydroxyl groups is 3. The minimum Gasteiger partial charge on any atom is -0.507 e. The van der Waals surface area contributed by atoms with Gasteiger partial charge >= 0.3 is 5.97 Å². The van der Waals surface area contributed by atoms with E-state index < -0.39 is 23.6 Å². The van der Waals surface area contributed by atoms with Gasteiger partial charge in [0, 0.05) is 36.1 Å². The number of carbonyl (C=O) groups excluding carboxylic acids is 2. The van der Waals surface area contributed by atoms with E-state index in [2.05, 4.69) is 4.98 Å². The number of hydrogen-bond acceptors (Lipinski definition) is 8. The molecule has 2 aliphatic heterocycles. The molecule has 9 heteroatoms. The first-order chi connectivity index (χ1) is 17.2. The number of fused-ring (bicyclic) bond motifs is 3. The van der Waals surface area contributed by atoms with Gasteiger partial charge in [0.1, 0.15) is 40.5 Å². The van der Waals surface area contributed by atoms with Gasteiger partial charge in [-0.15, -0.1) is 0 Å². The van der Waals surface area contributed by atoms with Crippen LogP contribution >= 0.6 is 11.6 Å². The Balaban J connectivity index is 0.000000229. The SMILES string of the molecule is CC1CC2OC2/C=C\C=C\C(=O)Cc2c(Cl)c(O)cc(O)c2C(=O)O1.Oc1cccc2cccnc12. The van der Waals surface area contributed by atoms with E-state index in [9.17, 15) is 24.9 Å².